The molecule has 7 nitrogen and oxygen atoms in total. The third kappa shape index (κ3) is 9.62. The number of carbonyl (C=O) groups excluding carboxylic acids is 1. The van der Waals surface area contributed by atoms with Crippen LogP contribution >= 0.6 is 0 Å². The van der Waals surface area contributed by atoms with Gasteiger partial charge in [-0.25, -0.2) is 4.79 Å². The van der Waals surface area contributed by atoms with Gasteiger partial charge in [-0.2, -0.15) is 0 Å². The van der Waals surface area contributed by atoms with Crippen LogP contribution in [0.5, 0.6) is 0 Å². The van der Waals surface area contributed by atoms with Gasteiger partial charge >= 0.3 is 6.03 Å². The van der Waals surface area contributed by atoms with Crippen LogP contribution < -0.4 is 10.6 Å². The molecular formula is C41H43N3O4. The Kier molecular flexibility index (Phi) is 11.6. The maximum Gasteiger partial charge on any atom is 0.315 e. The van der Waals surface area contributed by atoms with Gasteiger partial charge in [-0.3, -0.25) is 4.90 Å². The molecule has 3 N–H and O–H groups in total. The van der Waals surface area contributed by atoms with Crippen molar-refractivity contribution in [2.75, 3.05) is 6.54 Å². The number of amides is 2. The lowest BCUT2D eigenvalue weighted by Crippen LogP contribution is -2.39. The van der Waals surface area contributed by atoms with Crippen molar-refractivity contribution in [2.24, 2.45) is 0 Å². The Balaban J connectivity index is 1.15. The Morgan fingerprint density at radius 2 is 1.08 bits per heavy atom. The van der Waals surface area contributed by atoms with Crippen molar-refractivity contribution >= 4 is 6.03 Å². The van der Waals surface area contributed by atoms with E-state index in [1.165, 1.54) is 11.1 Å². The number of rotatable bonds is 13. The van der Waals surface area contributed by atoms with Crippen molar-refractivity contribution in [1.82, 2.24) is 15.5 Å². The third-order valence-electron chi connectivity index (χ3n) is 8.58. The standard InChI is InChI=1S/C41H43N3O4/c45-30-35-18-20-36(21-19-35)39-24-38(29-44(27-33-12-6-2-7-13-33)28-34-14-8-3-9-15-34)47-40(48-39)37-22-16-32(17-23-37)26-43-41(46)42-25-31-10-4-1-5-11-31/h1-23,38-40,45H,24-30H2,(H2,42,43,46)/t38-,39+,40+/m1/s1. The zero-order valence-electron chi connectivity index (χ0n) is 27.1. The fourth-order valence-corrected chi connectivity index (χ4v) is 6.00. The highest BCUT2D eigenvalue weighted by atomic mass is 16.7. The zero-order chi connectivity index (χ0) is 33.0. The smallest absolute Gasteiger partial charge is 0.315 e. The summed E-state index contributed by atoms with van der Waals surface area (Å²) in [6.45, 7) is 3.22. The van der Waals surface area contributed by atoms with Gasteiger partial charge in [0.25, 0.3) is 0 Å². The summed E-state index contributed by atoms with van der Waals surface area (Å²) in [4.78, 5) is 14.8. The van der Waals surface area contributed by atoms with Gasteiger partial charge in [0.05, 0.1) is 18.8 Å². The molecule has 0 bridgehead atoms. The number of nitrogens with zero attached hydrogens (tertiary/aromatic N) is 1. The van der Waals surface area contributed by atoms with Crippen molar-refractivity contribution in [3.05, 3.63) is 178 Å². The van der Waals surface area contributed by atoms with Crippen LogP contribution in [0, 0.1) is 0 Å². The topological polar surface area (TPSA) is 83.1 Å². The van der Waals surface area contributed by atoms with Crippen molar-refractivity contribution in [3.8, 4) is 0 Å². The number of hydrogen-bond donors (Lipinski definition) is 3. The normalized spacial score (nSPS) is 17.6. The molecule has 1 heterocycles. The molecule has 7 heteroatoms. The minimum absolute atomic E-state index is 0.00396. The molecule has 6 rings (SSSR count). The van der Waals surface area contributed by atoms with E-state index in [-0.39, 0.29) is 24.8 Å². The Labute approximate surface area is 283 Å². The molecule has 5 aromatic rings. The van der Waals surface area contributed by atoms with Gasteiger partial charge in [-0.15, -0.1) is 0 Å². The number of hydrogen-bond acceptors (Lipinski definition) is 5. The average Bonchev–Trinajstić information content (AvgIpc) is 3.14. The second kappa shape index (κ2) is 16.9. The van der Waals surface area contributed by atoms with Crippen LogP contribution in [0.15, 0.2) is 140 Å². The van der Waals surface area contributed by atoms with Crippen LogP contribution in [0.3, 0.4) is 0 Å². The summed E-state index contributed by atoms with van der Waals surface area (Å²) in [5, 5.41) is 15.4. The van der Waals surface area contributed by atoms with Crippen molar-refractivity contribution in [1.29, 1.82) is 0 Å². The van der Waals surface area contributed by atoms with Gasteiger partial charge in [-0.1, -0.05) is 140 Å². The SMILES string of the molecule is O=C(NCc1ccccc1)NCc1ccc([C@H]2O[C@@H](CN(Cc3ccccc3)Cc3ccccc3)C[C@@H](c3ccc(CO)cc3)O2)cc1. The highest BCUT2D eigenvalue weighted by Crippen LogP contribution is 2.38. The van der Waals surface area contributed by atoms with Gasteiger partial charge in [-0.05, 0) is 33.4 Å². The van der Waals surface area contributed by atoms with E-state index in [0.29, 0.717) is 19.5 Å². The summed E-state index contributed by atoms with van der Waals surface area (Å²) in [6, 6.07) is 46.8. The molecule has 3 atom stereocenters. The molecule has 48 heavy (non-hydrogen) atoms. The Morgan fingerprint density at radius 3 is 1.62 bits per heavy atom. The summed E-state index contributed by atoms with van der Waals surface area (Å²) in [5.74, 6) is 0. The molecule has 0 aromatic heterocycles. The number of urea groups is 1. The average molecular weight is 642 g/mol. The lowest BCUT2D eigenvalue weighted by Gasteiger charge is -2.38. The molecule has 0 radical (unpaired) electrons. The van der Waals surface area contributed by atoms with Crippen LogP contribution in [-0.2, 0) is 42.3 Å². The minimum Gasteiger partial charge on any atom is -0.392 e. The van der Waals surface area contributed by atoms with Gasteiger partial charge < -0.3 is 25.2 Å². The monoisotopic (exact) mass is 641 g/mol. The predicted octanol–water partition coefficient (Wildman–Crippen LogP) is 7.43. The maximum absolute atomic E-state index is 12.4. The van der Waals surface area contributed by atoms with Crippen molar-refractivity contribution in [2.45, 2.75) is 57.7 Å². The Bertz CT molecular complexity index is 1640. The number of benzene rings is 5. The highest BCUT2D eigenvalue weighted by molar-refractivity contribution is 5.73. The molecule has 0 spiro atoms. The van der Waals surface area contributed by atoms with E-state index in [0.717, 1.165) is 47.5 Å². The summed E-state index contributed by atoms with van der Waals surface area (Å²) >= 11 is 0. The van der Waals surface area contributed by atoms with E-state index in [1.807, 2.05) is 91.0 Å². The van der Waals surface area contributed by atoms with E-state index in [9.17, 15) is 9.90 Å². The molecule has 1 fully saturated rings. The molecule has 0 aliphatic carbocycles. The predicted molar refractivity (Wildman–Crippen MR) is 187 cm³/mol. The van der Waals surface area contributed by atoms with Gasteiger partial charge in [0.1, 0.15) is 0 Å². The number of aliphatic hydroxyl groups excluding tert-OH is 1. The molecule has 0 unspecified atom stereocenters. The first kappa shape index (κ1) is 33.1. The second-order valence-electron chi connectivity index (χ2n) is 12.3. The first-order chi connectivity index (χ1) is 23.6. The fourth-order valence-electron chi connectivity index (χ4n) is 6.00. The largest absolute Gasteiger partial charge is 0.392 e. The van der Waals surface area contributed by atoms with E-state index >= 15 is 0 Å². The molecule has 2 amide bonds. The molecule has 1 aliphatic rings. The van der Waals surface area contributed by atoms with Gasteiger partial charge in [0.2, 0.25) is 0 Å². The molecular weight excluding hydrogens is 598 g/mol. The maximum atomic E-state index is 12.4. The lowest BCUT2D eigenvalue weighted by atomic mass is 9.99. The van der Waals surface area contributed by atoms with E-state index in [2.05, 4.69) is 64.1 Å². The summed E-state index contributed by atoms with van der Waals surface area (Å²) in [5.41, 5.74) is 7.39. The lowest BCUT2D eigenvalue weighted by molar-refractivity contribution is -0.253. The number of ether oxygens (including phenoxy) is 2. The molecule has 0 saturated carbocycles. The number of carbonyl (C=O) groups is 1. The van der Waals surface area contributed by atoms with Gasteiger partial charge in [0.15, 0.2) is 6.29 Å². The number of nitrogens with one attached hydrogen (secondary N) is 2. The number of aliphatic hydroxyl groups is 1. The van der Waals surface area contributed by atoms with Crippen LogP contribution in [0.4, 0.5) is 4.79 Å². The van der Waals surface area contributed by atoms with E-state index < -0.39 is 6.29 Å². The quantitative estimate of drug-likeness (QED) is 0.125. The van der Waals surface area contributed by atoms with Crippen molar-refractivity contribution in [3.63, 3.8) is 0 Å². The Morgan fingerprint density at radius 1 is 0.604 bits per heavy atom. The van der Waals surface area contributed by atoms with Crippen molar-refractivity contribution < 1.29 is 19.4 Å². The molecule has 5 aromatic carbocycles. The van der Waals surface area contributed by atoms with Crippen LogP contribution in [0.25, 0.3) is 0 Å². The molecule has 246 valence electrons. The molecule has 1 aliphatic heterocycles. The summed E-state index contributed by atoms with van der Waals surface area (Å²) < 4.78 is 13.3. The highest BCUT2D eigenvalue weighted by Gasteiger charge is 2.33. The zero-order valence-corrected chi connectivity index (χ0v) is 27.1. The van der Waals surface area contributed by atoms with Crippen LogP contribution in [0.1, 0.15) is 57.8 Å². The summed E-state index contributed by atoms with van der Waals surface area (Å²) in [7, 11) is 0. The molecule has 1 saturated heterocycles. The second-order valence-corrected chi connectivity index (χ2v) is 12.3. The van der Waals surface area contributed by atoms with Crippen LogP contribution in [-0.4, -0.2) is 28.7 Å². The first-order valence-corrected chi connectivity index (χ1v) is 16.6. The van der Waals surface area contributed by atoms with Gasteiger partial charge in [0, 0.05) is 44.7 Å². The first-order valence-electron chi connectivity index (χ1n) is 16.6. The fraction of sp³-hybridized carbons (Fsp3) is 0.244. The third-order valence-corrected chi connectivity index (χ3v) is 8.58. The Hall–Kier alpha value is -4.79. The van der Waals surface area contributed by atoms with E-state index in [1.54, 1.807) is 0 Å². The summed E-state index contributed by atoms with van der Waals surface area (Å²) in [6.07, 6.45) is -0.118. The van der Waals surface area contributed by atoms with E-state index in [4.69, 9.17) is 9.47 Å². The van der Waals surface area contributed by atoms with Crippen LogP contribution in [0.2, 0.25) is 0 Å². The minimum atomic E-state index is -0.558.